The van der Waals surface area contributed by atoms with E-state index < -0.39 is 70.4 Å². The van der Waals surface area contributed by atoms with E-state index in [1.54, 1.807) is 0 Å². The van der Waals surface area contributed by atoms with Crippen LogP contribution in [-0.2, 0) is 49.4 Å². The fourth-order valence-corrected chi connectivity index (χ4v) is 71.0. The van der Waals surface area contributed by atoms with Crippen molar-refractivity contribution in [1.29, 1.82) is 0 Å². The van der Waals surface area contributed by atoms with Crippen molar-refractivity contribution >= 4 is 70.4 Å². The van der Waals surface area contributed by atoms with Crippen molar-refractivity contribution in [2.45, 2.75) is 238 Å². The fraction of sp³-hybridized carbons (Fsp3) is 0.951. The molecule has 1 atom stereocenters. The van der Waals surface area contributed by atoms with E-state index in [0.29, 0.717) is 5.92 Å². The molecule has 14 aliphatic rings. The first-order valence-electron chi connectivity index (χ1n) is 25.8. The highest BCUT2D eigenvalue weighted by molar-refractivity contribution is 7.05. The molecule has 0 aromatic heterocycles. The molecule has 7 saturated carbocycles. The van der Waals surface area contributed by atoms with Gasteiger partial charge in [-0.05, 0) is 114 Å². The molecule has 0 amide bonds. The lowest BCUT2D eigenvalue weighted by Gasteiger charge is -2.66. The van der Waals surface area contributed by atoms with Crippen molar-refractivity contribution in [2.75, 3.05) is 0 Å². The molecule has 6 aliphatic heterocycles. The van der Waals surface area contributed by atoms with E-state index in [0.717, 1.165) is 198 Å². The van der Waals surface area contributed by atoms with E-state index in [2.05, 4.69) is 13.0 Å². The van der Waals surface area contributed by atoms with Crippen LogP contribution in [0.2, 0.25) is 38.8 Å². The first-order valence-corrected chi connectivity index (χ1v) is 40.2. The van der Waals surface area contributed by atoms with Gasteiger partial charge < -0.3 is 49.4 Å². The van der Waals surface area contributed by atoms with Crippen molar-refractivity contribution in [3.05, 3.63) is 11.3 Å². The lowest BCUT2D eigenvalue weighted by molar-refractivity contribution is -0.0440. The molecule has 6 heterocycles. The van der Waals surface area contributed by atoms with Crippen LogP contribution in [0.25, 0.3) is 0 Å². The Morgan fingerprint density at radius 2 is 0.508 bits per heavy atom. The summed E-state index contributed by atoms with van der Waals surface area (Å²) in [5, 5.41) is 1.16. The number of allylic oxidation sites excluding steroid dienone is 2. The summed E-state index contributed by atoms with van der Waals surface area (Å²) in [6.07, 6.45) is 33.9. The third kappa shape index (κ3) is 6.63. The van der Waals surface area contributed by atoms with Crippen LogP contribution in [0, 0.1) is 5.92 Å². The molecule has 0 aromatic rings. The van der Waals surface area contributed by atoms with Gasteiger partial charge in [-0.3, -0.25) is 0 Å². The van der Waals surface area contributed by atoms with Crippen LogP contribution in [-0.4, -0.2) is 70.4 Å². The zero-order chi connectivity index (χ0) is 40.6. The Hall–Kier alpha value is 0.995. The molecule has 6 saturated heterocycles. The van der Waals surface area contributed by atoms with Gasteiger partial charge in [0.25, 0.3) is 0 Å². The third-order valence-electron chi connectivity index (χ3n) is 18.1. The lowest BCUT2D eigenvalue weighted by atomic mass is 10.1. The third-order valence-corrected chi connectivity index (χ3v) is 57.5. The minimum Gasteiger partial charge on any atom is -0.373 e. The highest BCUT2D eigenvalue weighted by Gasteiger charge is 2.88. The summed E-state index contributed by atoms with van der Waals surface area (Å²) in [6, 6.07) is 0. The second-order valence-corrected chi connectivity index (χ2v) is 47.9. The van der Waals surface area contributed by atoms with Crippen molar-refractivity contribution in [1.82, 2.24) is 0 Å². The highest BCUT2D eigenvalue weighted by Crippen LogP contribution is 2.66. The molecule has 0 radical (unpaired) electrons. The maximum atomic E-state index is 8.49. The smallest absolute Gasteiger partial charge is 0.373 e. The SMILES string of the molecule is CC1CC=C([Si]23O[Si]4(C5CCCC5)O[Si]5(C6CCCC6)O[Si](C6CCCC6)(O2)O[Si]2(C6CCCC6)O[Si](C6CCCC6)(O3)O[Si](C3CCCC3)(O4)O[Si](C3CCCC3)(O5)O2)C1. The molecule has 0 spiro atoms. The van der Waals surface area contributed by atoms with Crippen molar-refractivity contribution in [3.63, 3.8) is 0 Å². The molecular weight excluding hydrogens is 909 g/mol. The minimum atomic E-state index is -4.04. The monoisotopic (exact) mass is 980 g/mol. The van der Waals surface area contributed by atoms with Crippen molar-refractivity contribution in [3.8, 4) is 0 Å². The number of rotatable bonds is 8. The first-order chi connectivity index (χ1) is 29.7. The Labute approximate surface area is 373 Å². The molecule has 12 nitrogen and oxygen atoms in total. The van der Waals surface area contributed by atoms with E-state index in [-0.39, 0.29) is 38.8 Å². The van der Waals surface area contributed by atoms with Crippen LogP contribution >= 0.6 is 0 Å². The normalized spacial score (nSPS) is 50.6. The van der Waals surface area contributed by atoms with Gasteiger partial charge in [0.2, 0.25) is 0 Å². The van der Waals surface area contributed by atoms with Gasteiger partial charge in [-0.1, -0.05) is 103 Å². The summed E-state index contributed by atoms with van der Waals surface area (Å²) in [7, 11) is -31.3. The number of hydrogen-bond acceptors (Lipinski definition) is 12. The standard InChI is InChI=1S/C41H72O12Si8/c1-33-30-31-41(32-33)61-51-58(38-24-10-11-25-38)45-55(35-18-4-5-19-35)42-54(34-16-2-3-17-34)43-56(47-58,36-20-6-7-21-36)49-60(53-61,40-28-14-15-29-40)50-57(44-54,37-22-8-9-23-37)48-59(46-55,52-61)39-26-12-13-27-39/h31,33-40H,2-30,32H2,1H3. The average molecular weight is 982 g/mol. The summed E-state index contributed by atoms with van der Waals surface area (Å²) >= 11 is 0. The van der Waals surface area contributed by atoms with E-state index >= 15 is 0 Å². The van der Waals surface area contributed by atoms with Gasteiger partial charge in [0.1, 0.15) is 0 Å². The van der Waals surface area contributed by atoms with Crippen LogP contribution in [0.15, 0.2) is 11.3 Å². The zero-order valence-corrected chi connectivity index (χ0v) is 44.8. The van der Waals surface area contributed by atoms with E-state index in [4.69, 9.17) is 49.4 Å². The molecule has 8 aliphatic carbocycles. The van der Waals surface area contributed by atoms with Gasteiger partial charge in [0.15, 0.2) is 0 Å². The van der Waals surface area contributed by atoms with Crippen molar-refractivity contribution < 1.29 is 49.4 Å². The maximum absolute atomic E-state index is 8.49. The van der Waals surface area contributed by atoms with E-state index in [1.165, 1.54) is 0 Å². The summed E-state index contributed by atoms with van der Waals surface area (Å²) in [5.41, 5.74) is 0.517. The van der Waals surface area contributed by atoms with Crippen LogP contribution in [0.1, 0.15) is 200 Å². The van der Waals surface area contributed by atoms with Crippen LogP contribution in [0.5, 0.6) is 0 Å². The molecule has 0 N–H and O–H groups in total. The summed E-state index contributed by atoms with van der Waals surface area (Å²) in [6.45, 7) is 2.36. The molecule has 8 bridgehead atoms. The van der Waals surface area contributed by atoms with Gasteiger partial charge in [0, 0.05) is 38.8 Å². The molecule has 1 unspecified atom stereocenters. The predicted octanol–water partition coefficient (Wildman–Crippen LogP) is 11.3. The molecule has 13 fully saturated rings. The van der Waals surface area contributed by atoms with Crippen molar-refractivity contribution in [2.24, 2.45) is 5.92 Å². The highest BCUT2D eigenvalue weighted by atomic mass is 28.6. The van der Waals surface area contributed by atoms with Crippen LogP contribution in [0.4, 0.5) is 0 Å². The molecular formula is C41H72O12Si8. The zero-order valence-electron chi connectivity index (χ0n) is 36.8. The lowest BCUT2D eigenvalue weighted by Crippen LogP contribution is -2.91. The molecule has 14 rings (SSSR count). The summed E-state index contributed by atoms with van der Waals surface area (Å²) in [5.74, 6) is 0.446. The van der Waals surface area contributed by atoms with E-state index in [9.17, 15) is 0 Å². The summed E-state index contributed by atoms with van der Waals surface area (Å²) in [4.78, 5) is 0. The van der Waals surface area contributed by atoms with Gasteiger partial charge in [0.05, 0.1) is 0 Å². The van der Waals surface area contributed by atoms with E-state index in [1.807, 2.05) is 0 Å². The molecule has 61 heavy (non-hydrogen) atoms. The second kappa shape index (κ2) is 15.5. The molecule has 20 heteroatoms. The average Bonchev–Trinajstić information content (AvgIpc) is 4.10. The number of hydrogen-bond donors (Lipinski definition) is 0. The van der Waals surface area contributed by atoms with Gasteiger partial charge >= 0.3 is 70.4 Å². The van der Waals surface area contributed by atoms with Crippen LogP contribution in [0.3, 0.4) is 0 Å². The molecule has 340 valence electrons. The topological polar surface area (TPSA) is 111 Å². The predicted molar refractivity (Wildman–Crippen MR) is 241 cm³/mol. The Morgan fingerprint density at radius 3 is 0.689 bits per heavy atom. The van der Waals surface area contributed by atoms with Gasteiger partial charge in [-0.25, -0.2) is 0 Å². The Balaban J connectivity index is 1.15. The Morgan fingerprint density at radius 1 is 0.311 bits per heavy atom. The molecule has 0 aromatic carbocycles. The largest absolute Gasteiger partial charge is 0.510 e. The quantitative estimate of drug-likeness (QED) is 0.216. The summed E-state index contributed by atoms with van der Waals surface area (Å²) < 4.78 is 102. The van der Waals surface area contributed by atoms with Gasteiger partial charge in [-0.2, -0.15) is 0 Å². The fourth-order valence-electron chi connectivity index (χ4n) is 14.9. The first kappa shape index (κ1) is 42.1. The Kier molecular flexibility index (Phi) is 10.7. The van der Waals surface area contributed by atoms with Gasteiger partial charge in [-0.15, -0.1) is 0 Å². The van der Waals surface area contributed by atoms with Crippen LogP contribution < -0.4 is 0 Å². The maximum Gasteiger partial charge on any atom is 0.510 e. The minimum absolute atomic E-state index is 0.0643. The second-order valence-electron chi connectivity index (χ2n) is 22.1. The Bertz CT molecular complexity index is 1530.